The van der Waals surface area contributed by atoms with Crippen molar-refractivity contribution in [1.29, 1.82) is 0 Å². The number of ether oxygens (including phenoxy) is 1. The van der Waals surface area contributed by atoms with Gasteiger partial charge in [0.2, 0.25) is 0 Å². The first-order chi connectivity index (χ1) is 5.68. The Hall–Kier alpha value is -0.570. The molecule has 3 nitrogen and oxygen atoms in total. The summed E-state index contributed by atoms with van der Waals surface area (Å²) >= 11 is 0. The van der Waals surface area contributed by atoms with Crippen LogP contribution in [0.5, 0.6) is 0 Å². The topological polar surface area (TPSA) is 46.5 Å². The summed E-state index contributed by atoms with van der Waals surface area (Å²) in [4.78, 5) is 9.76. The van der Waals surface area contributed by atoms with Crippen molar-refractivity contribution in [3.05, 3.63) is 0 Å². The summed E-state index contributed by atoms with van der Waals surface area (Å²) in [5.74, 6) is -0.693. The second-order valence-corrected chi connectivity index (χ2v) is 2.28. The lowest BCUT2D eigenvalue weighted by Crippen LogP contribution is -1.91. The van der Waals surface area contributed by atoms with Gasteiger partial charge in [-0.1, -0.05) is 13.3 Å². The average Bonchev–Trinajstić information content (AvgIpc) is 2.03. The van der Waals surface area contributed by atoms with E-state index in [4.69, 9.17) is 9.84 Å². The first-order valence-corrected chi connectivity index (χ1v) is 4.48. The van der Waals surface area contributed by atoms with Gasteiger partial charge in [-0.3, -0.25) is 4.79 Å². The summed E-state index contributed by atoms with van der Waals surface area (Å²) < 4.78 is 4.83. The van der Waals surface area contributed by atoms with Gasteiger partial charge in [-0.05, 0) is 20.3 Å². The lowest BCUT2D eigenvalue weighted by molar-refractivity contribution is -0.137. The van der Waals surface area contributed by atoms with Gasteiger partial charge in [-0.25, -0.2) is 0 Å². The molecule has 0 aliphatic heterocycles. The normalized spacial score (nSPS) is 8.58. The Morgan fingerprint density at radius 1 is 1.25 bits per heavy atom. The quantitative estimate of drug-likeness (QED) is 0.699. The number of carbonyl (C=O) groups is 1. The van der Waals surface area contributed by atoms with Crippen LogP contribution in [0.2, 0.25) is 0 Å². The van der Waals surface area contributed by atoms with E-state index in [0.717, 1.165) is 26.1 Å². The highest BCUT2D eigenvalue weighted by molar-refractivity contribution is 5.66. The lowest BCUT2D eigenvalue weighted by Gasteiger charge is -1.86. The highest BCUT2D eigenvalue weighted by Gasteiger charge is 1.90. The largest absolute Gasteiger partial charge is 0.481 e. The summed E-state index contributed by atoms with van der Waals surface area (Å²) in [5.41, 5.74) is 0. The number of carboxylic acid groups (broad SMARTS) is 1. The second kappa shape index (κ2) is 13.1. The van der Waals surface area contributed by atoms with E-state index in [9.17, 15) is 4.79 Å². The van der Waals surface area contributed by atoms with Gasteiger partial charge in [0.15, 0.2) is 0 Å². The fraction of sp³-hybridized carbons (Fsp3) is 0.889. The SMILES string of the molecule is CCCCC(=O)O.CCOCC. The minimum atomic E-state index is -0.693. The average molecular weight is 176 g/mol. The third-order valence-electron chi connectivity index (χ3n) is 1.15. The standard InChI is InChI=1S/C5H10O2.C4H10O/c1-2-3-4-5(6)7;1-3-5-4-2/h2-4H2,1H3,(H,6,7);3-4H2,1-2H3. The maximum Gasteiger partial charge on any atom is 0.303 e. The first-order valence-electron chi connectivity index (χ1n) is 4.48. The number of rotatable bonds is 5. The van der Waals surface area contributed by atoms with Crippen LogP contribution in [0, 0.1) is 0 Å². The highest BCUT2D eigenvalue weighted by Crippen LogP contribution is 1.91. The van der Waals surface area contributed by atoms with E-state index in [0.29, 0.717) is 6.42 Å². The second-order valence-electron chi connectivity index (χ2n) is 2.28. The van der Waals surface area contributed by atoms with Crippen LogP contribution in [0.3, 0.4) is 0 Å². The molecule has 0 unspecified atom stereocenters. The van der Waals surface area contributed by atoms with E-state index in [2.05, 4.69) is 0 Å². The van der Waals surface area contributed by atoms with Crippen LogP contribution in [0.1, 0.15) is 40.0 Å². The molecule has 0 aromatic heterocycles. The minimum absolute atomic E-state index is 0.316. The van der Waals surface area contributed by atoms with Gasteiger partial charge in [0.1, 0.15) is 0 Å². The lowest BCUT2D eigenvalue weighted by atomic mass is 10.3. The summed E-state index contributed by atoms with van der Waals surface area (Å²) in [7, 11) is 0. The maximum absolute atomic E-state index is 9.76. The molecule has 0 fully saturated rings. The molecular weight excluding hydrogens is 156 g/mol. The Labute approximate surface area is 74.7 Å². The molecule has 0 aromatic rings. The number of aliphatic carboxylic acids is 1. The molecule has 0 heterocycles. The zero-order valence-electron chi connectivity index (χ0n) is 8.30. The molecule has 12 heavy (non-hydrogen) atoms. The van der Waals surface area contributed by atoms with E-state index >= 15 is 0 Å². The Morgan fingerprint density at radius 3 is 1.83 bits per heavy atom. The van der Waals surface area contributed by atoms with Crippen LogP contribution in [0.25, 0.3) is 0 Å². The van der Waals surface area contributed by atoms with Gasteiger partial charge in [-0.2, -0.15) is 0 Å². The monoisotopic (exact) mass is 176 g/mol. The molecule has 0 rings (SSSR count). The van der Waals surface area contributed by atoms with Crippen LogP contribution in [0.4, 0.5) is 0 Å². The maximum atomic E-state index is 9.76. The van der Waals surface area contributed by atoms with Crippen LogP contribution in [-0.2, 0) is 9.53 Å². The van der Waals surface area contributed by atoms with Crippen molar-refractivity contribution in [2.45, 2.75) is 40.0 Å². The fourth-order valence-electron chi connectivity index (χ4n) is 0.532. The number of hydrogen-bond donors (Lipinski definition) is 1. The summed E-state index contributed by atoms with van der Waals surface area (Å²) in [6.45, 7) is 7.64. The van der Waals surface area contributed by atoms with Crippen molar-refractivity contribution in [3.63, 3.8) is 0 Å². The summed E-state index contributed by atoms with van der Waals surface area (Å²) in [6.07, 6.45) is 2.08. The third-order valence-corrected chi connectivity index (χ3v) is 1.15. The molecule has 0 amide bonds. The molecule has 0 aliphatic carbocycles. The molecule has 0 radical (unpaired) electrons. The summed E-state index contributed by atoms with van der Waals surface area (Å²) in [6, 6.07) is 0. The molecule has 0 aromatic carbocycles. The van der Waals surface area contributed by atoms with Crippen molar-refractivity contribution in [3.8, 4) is 0 Å². The minimum Gasteiger partial charge on any atom is -0.481 e. The van der Waals surface area contributed by atoms with Crippen molar-refractivity contribution in [2.75, 3.05) is 13.2 Å². The van der Waals surface area contributed by atoms with Gasteiger partial charge >= 0.3 is 5.97 Å². The van der Waals surface area contributed by atoms with Gasteiger partial charge in [0.05, 0.1) is 0 Å². The highest BCUT2D eigenvalue weighted by atomic mass is 16.5. The first kappa shape index (κ1) is 14.0. The van der Waals surface area contributed by atoms with Crippen molar-refractivity contribution in [2.24, 2.45) is 0 Å². The smallest absolute Gasteiger partial charge is 0.303 e. The molecular formula is C9H20O3. The molecule has 0 saturated heterocycles. The van der Waals surface area contributed by atoms with Crippen molar-refractivity contribution in [1.82, 2.24) is 0 Å². The summed E-state index contributed by atoms with van der Waals surface area (Å²) in [5, 5.41) is 8.04. The van der Waals surface area contributed by atoms with Gasteiger partial charge in [0.25, 0.3) is 0 Å². The van der Waals surface area contributed by atoms with Crippen molar-refractivity contribution < 1.29 is 14.6 Å². The molecule has 74 valence electrons. The van der Waals surface area contributed by atoms with Gasteiger partial charge < -0.3 is 9.84 Å². The van der Waals surface area contributed by atoms with Crippen molar-refractivity contribution >= 4 is 5.97 Å². The van der Waals surface area contributed by atoms with Crippen LogP contribution in [-0.4, -0.2) is 24.3 Å². The Bertz CT molecular complexity index is 89.8. The molecule has 0 saturated carbocycles. The molecule has 1 N–H and O–H groups in total. The predicted octanol–water partition coefficient (Wildman–Crippen LogP) is 2.30. The van der Waals surface area contributed by atoms with E-state index < -0.39 is 5.97 Å². The zero-order chi connectivity index (χ0) is 9.82. The van der Waals surface area contributed by atoms with Crippen LogP contribution in [0.15, 0.2) is 0 Å². The fourth-order valence-corrected chi connectivity index (χ4v) is 0.532. The Morgan fingerprint density at radius 2 is 1.75 bits per heavy atom. The predicted molar refractivity (Wildman–Crippen MR) is 49.3 cm³/mol. The molecule has 0 atom stereocenters. The van der Waals surface area contributed by atoms with E-state index in [1.54, 1.807) is 0 Å². The third kappa shape index (κ3) is 22.7. The molecule has 0 bridgehead atoms. The Kier molecular flexibility index (Phi) is 15.2. The van der Waals surface area contributed by atoms with Gasteiger partial charge in [-0.15, -0.1) is 0 Å². The van der Waals surface area contributed by atoms with Crippen LogP contribution < -0.4 is 0 Å². The van der Waals surface area contributed by atoms with E-state index in [1.165, 1.54) is 0 Å². The Balaban J connectivity index is 0. The number of carboxylic acids is 1. The van der Waals surface area contributed by atoms with Crippen LogP contribution >= 0.6 is 0 Å². The zero-order valence-corrected chi connectivity index (χ0v) is 8.30. The van der Waals surface area contributed by atoms with E-state index in [1.807, 2.05) is 20.8 Å². The number of unbranched alkanes of at least 4 members (excludes halogenated alkanes) is 1. The van der Waals surface area contributed by atoms with Gasteiger partial charge in [0, 0.05) is 19.6 Å². The number of hydrogen-bond acceptors (Lipinski definition) is 2. The molecule has 3 heteroatoms. The molecule has 0 aliphatic rings. The van der Waals surface area contributed by atoms with E-state index in [-0.39, 0.29) is 0 Å². The molecule has 0 spiro atoms.